The van der Waals surface area contributed by atoms with Crippen molar-refractivity contribution >= 4 is 21.7 Å². The van der Waals surface area contributed by atoms with E-state index in [0.717, 1.165) is 11.3 Å². The van der Waals surface area contributed by atoms with Crippen LogP contribution in [0.1, 0.15) is 35.7 Å². The Labute approximate surface area is 142 Å². The second kappa shape index (κ2) is 9.39. The Morgan fingerprint density at radius 1 is 1.21 bits per heavy atom. The van der Waals surface area contributed by atoms with Gasteiger partial charge in [0.2, 0.25) is 15.9 Å². The number of hydrogen-bond acceptors (Lipinski definition) is 5. The third kappa shape index (κ3) is 6.67. The van der Waals surface area contributed by atoms with Crippen LogP contribution in [-0.4, -0.2) is 46.1 Å². The summed E-state index contributed by atoms with van der Waals surface area (Å²) in [4.78, 5) is 23.8. The Morgan fingerprint density at radius 3 is 2.50 bits per heavy atom. The number of ketones is 1. The van der Waals surface area contributed by atoms with Crippen molar-refractivity contribution in [2.24, 2.45) is 0 Å². The molecule has 2 N–H and O–H groups in total. The zero-order valence-electron chi connectivity index (χ0n) is 14.2. The number of benzene rings is 1. The monoisotopic (exact) mass is 356 g/mol. The fourth-order valence-electron chi connectivity index (χ4n) is 2.03. The van der Waals surface area contributed by atoms with Gasteiger partial charge in [0.05, 0.1) is 12.4 Å². The van der Waals surface area contributed by atoms with Gasteiger partial charge in [-0.25, -0.2) is 13.1 Å². The highest BCUT2D eigenvalue weighted by atomic mass is 32.2. The van der Waals surface area contributed by atoms with Crippen molar-refractivity contribution in [1.29, 1.82) is 0 Å². The summed E-state index contributed by atoms with van der Waals surface area (Å²) in [6.07, 6.45) is 0.0860. The number of carbonyl (C=O) groups is 2. The number of hydrogen-bond donors (Lipinski definition) is 2. The molecule has 134 valence electrons. The quantitative estimate of drug-likeness (QED) is 0.610. The number of ether oxygens (including phenoxy) is 1. The average Bonchev–Trinajstić information content (AvgIpc) is 2.54. The standard InChI is InChI=1S/C16H24N2O5S/c1-4-23-15-7-5-13(11-12(15)2)14(19)6-8-16(20)18-9-10-24(21,22)17-3/h5,7,11,17H,4,6,8-10H2,1-3H3,(H,18,20). The molecule has 0 radical (unpaired) electrons. The lowest BCUT2D eigenvalue weighted by molar-refractivity contribution is -0.120. The van der Waals surface area contributed by atoms with E-state index in [1.807, 2.05) is 13.8 Å². The topological polar surface area (TPSA) is 102 Å². The Morgan fingerprint density at radius 2 is 1.92 bits per heavy atom. The molecule has 0 spiro atoms. The molecule has 8 heteroatoms. The molecule has 0 heterocycles. The SMILES string of the molecule is CCOc1ccc(C(=O)CCC(=O)NCCS(=O)(=O)NC)cc1C. The van der Waals surface area contributed by atoms with Crippen molar-refractivity contribution in [2.75, 3.05) is 26.0 Å². The third-order valence-corrected chi connectivity index (χ3v) is 4.74. The molecule has 0 aliphatic heterocycles. The van der Waals surface area contributed by atoms with Crippen molar-refractivity contribution in [3.8, 4) is 5.75 Å². The van der Waals surface area contributed by atoms with E-state index in [1.54, 1.807) is 18.2 Å². The first-order chi connectivity index (χ1) is 11.3. The Balaban J connectivity index is 2.45. The highest BCUT2D eigenvalue weighted by Crippen LogP contribution is 2.20. The van der Waals surface area contributed by atoms with Crippen LogP contribution in [0.25, 0.3) is 0 Å². The molecule has 0 saturated heterocycles. The molecule has 7 nitrogen and oxygen atoms in total. The van der Waals surface area contributed by atoms with Crippen LogP contribution >= 0.6 is 0 Å². The van der Waals surface area contributed by atoms with Gasteiger partial charge < -0.3 is 10.1 Å². The van der Waals surface area contributed by atoms with Crippen LogP contribution in [-0.2, 0) is 14.8 Å². The molecule has 24 heavy (non-hydrogen) atoms. The lowest BCUT2D eigenvalue weighted by Crippen LogP contribution is -2.33. The molecule has 0 saturated carbocycles. The van der Waals surface area contributed by atoms with E-state index in [9.17, 15) is 18.0 Å². The van der Waals surface area contributed by atoms with Crippen molar-refractivity contribution in [1.82, 2.24) is 10.0 Å². The second-order valence-corrected chi connectivity index (χ2v) is 7.26. The van der Waals surface area contributed by atoms with Gasteiger partial charge in [-0.2, -0.15) is 0 Å². The van der Waals surface area contributed by atoms with Crippen LogP contribution in [0.5, 0.6) is 5.75 Å². The zero-order chi connectivity index (χ0) is 18.2. The Kier molecular flexibility index (Phi) is 7.87. The van der Waals surface area contributed by atoms with E-state index < -0.39 is 10.0 Å². The minimum atomic E-state index is -3.35. The average molecular weight is 356 g/mol. The van der Waals surface area contributed by atoms with Crippen molar-refractivity contribution in [2.45, 2.75) is 26.7 Å². The summed E-state index contributed by atoms with van der Waals surface area (Å²) in [7, 11) is -2.03. The molecule has 1 rings (SSSR count). The lowest BCUT2D eigenvalue weighted by atomic mass is 10.0. The summed E-state index contributed by atoms with van der Waals surface area (Å²) in [5.74, 6) is 0.0513. The van der Waals surface area contributed by atoms with E-state index in [2.05, 4.69) is 10.0 Å². The molecule has 0 atom stereocenters. The second-order valence-electron chi connectivity index (χ2n) is 5.21. The summed E-state index contributed by atoms with van der Waals surface area (Å²) >= 11 is 0. The maximum absolute atomic E-state index is 12.1. The lowest BCUT2D eigenvalue weighted by Gasteiger charge is -2.09. The number of nitrogens with one attached hydrogen (secondary N) is 2. The Bertz CT molecular complexity index is 686. The van der Waals surface area contributed by atoms with E-state index in [4.69, 9.17) is 4.74 Å². The molecule has 0 unspecified atom stereocenters. The molecule has 1 amide bonds. The highest BCUT2D eigenvalue weighted by molar-refractivity contribution is 7.89. The first-order valence-corrected chi connectivity index (χ1v) is 9.39. The fraction of sp³-hybridized carbons (Fsp3) is 0.500. The van der Waals surface area contributed by atoms with Gasteiger partial charge in [-0.3, -0.25) is 9.59 Å². The van der Waals surface area contributed by atoms with Crippen LogP contribution in [0, 0.1) is 6.92 Å². The molecule has 0 aliphatic carbocycles. The van der Waals surface area contributed by atoms with Gasteiger partial charge in [0.25, 0.3) is 0 Å². The van der Waals surface area contributed by atoms with E-state index in [-0.39, 0.29) is 36.8 Å². The predicted molar refractivity (Wildman–Crippen MR) is 91.8 cm³/mol. The smallest absolute Gasteiger partial charge is 0.220 e. The van der Waals surface area contributed by atoms with Crippen molar-refractivity contribution in [3.63, 3.8) is 0 Å². The molecular weight excluding hydrogens is 332 g/mol. The van der Waals surface area contributed by atoms with Crippen LogP contribution in [0.4, 0.5) is 0 Å². The van der Waals surface area contributed by atoms with Crippen LogP contribution in [0.3, 0.4) is 0 Å². The van der Waals surface area contributed by atoms with Crippen LogP contribution < -0.4 is 14.8 Å². The number of sulfonamides is 1. The number of rotatable bonds is 10. The van der Waals surface area contributed by atoms with Gasteiger partial charge in [0.1, 0.15) is 5.75 Å². The number of Topliss-reactive ketones (excluding diaryl/α,β-unsaturated/α-hetero) is 1. The predicted octanol–water partition coefficient (Wildman–Crippen LogP) is 1.02. The fourth-order valence-corrected chi connectivity index (χ4v) is 2.60. The Hall–Kier alpha value is -1.93. The van der Waals surface area contributed by atoms with E-state index in [1.165, 1.54) is 7.05 Å². The molecule has 1 aromatic rings. The molecule has 1 aromatic carbocycles. The highest BCUT2D eigenvalue weighted by Gasteiger charge is 2.12. The molecule has 0 fully saturated rings. The van der Waals surface area contributed by atoms with Gasteiger partial charge in [-0.15, -0.1) is 0 Å². The molecule has 0 bridgehead atoms. The molecular formula is C16H24N2O5S. The summed E-state index contributed by atoms with van der Waals surface area (Å²) in [5.41, 5.74) is 1.39. The van der Waals surface area contributed by atoms with Gasteiger partial charge in [0, 0.05) is 24.9 Å². The summed E-state index contributed by atoms with van der Waals surface area (Å²) in [5, 5.41) is 2.49. The van der Waals surface area contributed by atoms with Gasteiger partial charge in [-0.1, -0.05) is 0 Å². The normalized spacial score (nSPS) is 11.1. The third-order valence-electron chi connectivity index (χ3n) is 3.38. The number of amides is 1. The maximum Gasteiger partial charge on any atom is 0.220 e. The minimum absolute atomic E-state index is 0.0123. The largest absolute Gasteiger partial charge is 0.494 e. The summed E-state index contributed by atoms with van der Waals surface area (Å²) in [6.45, 7) is 4.31. The molecule has 0 aromatic heterocycles. The van der Waals surface area contributed by atoms with Crippen LogP contribution in [0.2, 0.25) is 0 Å². The maximum atomic E-state index is 12.1. The van der Waals surface area contributed by atoms with Gasteiger partial charge in [0.15, 0.2) is 5.78 Å². The zero-order valence-corrected chi connectivity index (χ0v) is 15.0. The minimum Gasteiger partial charge on any atom is -0.494 e. The van der Waals surface area contributed by atoms with Crippen molar-refractivity contribution < 1.29 is 22.7 Å². The van der Waals surface area contributed by atoms with Crippen LogP contribution in [0.15, 0.2) is 18.2 Å². The van der Waals surface area contributed by atoms with Gasteiger partial charge in [-0.05, 0) is 44.7 Å². The van der Waals surface area contributed by atoms with Crippen molar-refractivity contribution in [3.05, 3.63) is 29.3 Å². The van der Waals surface area contributed by atoms with E-state index in [0.29, 0.717) is 12.2 Å². The first kappa shape index (κ1) is 20.1. The number of aryl methyl sites for hydroxylation is 1. The van der Waals surface area contributed by atoms with Gasteiger partial charge >= 0.3 is 0 Å². The van der Waals surface area contributed by atoms with E-state index >= 15 is 0 Å². The number of carbonyl (C=O) groups excluding carboxylic acids is 2. The summed E-state index contributed by atoms with van der Waals surface area (Å²) < 4.78 is 30.0. The summed E-state index contributed by atoms with van der Waals surface area (Å²) in [6, 6.07) is 5.16. The first-order valence-electron chi connectivity index (χ1n) is 7.73. The molecule has 0 aliphatic rings.